The van der Waals surface area contributed by atoms with Crippen molar-refractivity contribution in [3.8, 4) is 10.7 Å². The molecule has 0 unspecified atom stereocenters. The monoisotopic (exact) mass is 236 g/mol. The Morgan fingerprint density at radius 1 is 1.25 bits per heavy atom. The number of aryl methyl sites for hydroxylation is 1. The van der Waals surface area contributed by atoms with Crippen molar-refractivity contribution < 1.29 is 0 Å². The molecule has 2 aromatic heterocycles. The van der Waals surface area contributed by atoms with Crippen molar-refractivity contribution in [3.63, 3.8) is 0 Å². The highest BCUT2D eigenvalue weighted by Gasteiger charge is 2.04. The van der Waals surface area contributed by atoms with Crippen LogP contribution in [0.4, 0.5) is 5.82 Å². The predicted octanol–water partition coefficient (Wildman–Crippen LogP) is 2.77. The van der Waals surface area contributed by atoms with Gasteiger partial charge in [0.1, 0.15) is 16.5 Å². The highest BCUT2D eigenvalue weighted by atomic mass is 32.1. The zero-order valence-electron chi connectivity index (χ0n) is 9.77. The number of nitrogens with two attached hydrogens (primary N) is 1. The van der Waals surface area contributed by atoms with Gasteiger partial charge in [-0.2, -0.15) is 0 Å². The summed E-state index contributed by atoms with van der Waals surface area (Å²) in [7, 11) is 0. The molecule has 16 heavy (non-hydrogen) atoms. The average Bonchev–Trinajstić information content (AvgIpc) is 2.79. The summed E-state index contributed by atoms with van der Waals surface area (Å²) in [6.45, 7) is 6.05. The van der Waals surface area contributed by atoms with E-state index < -0.39 is 0 Å². The van der Waals surface area contributed by atoms with Gasteiger partial charge in [-0.1, -0.05) is 20.8 Å². The summed E-state index contributed by atoms with van der Waals surface area (Å²) in [4.78, 5) is 12.6. The van der Waals surface area contributed by atoms with Crippen LogP contribution in [0.15, 0.2) is 17.8 Å². The van der Waals surface area contributed by atoms with Crippen LogP contribution in [-0.4, -0.2) is 15.0 Å². The number of hydrogen-bond donors (Lipinski definition) is 1. The predicted molar refractivity (Wildman–Crippen MR) is 68.3 cm³/mol. The molecule has 0 amide bonds. The van der Waals surface area contributed by atoms with Gasteiger partial charge in [0.25, 0.3) is 0 Å². The topological polar surface area (TPSA) is 64.7 Å². The van der Waals surface area contributed by atoms with Crippen LogP contribution in [0.1, 0.15) is 26.5 Å². The maximum atomic E-state index is 5.52. The van der Waals surface area contributed by atoms with Gasteiger partial charge >= 0.3 is 0 Å². The van der Waals surface area contributed by atoms with E-state index in [1.807, 2.05) is 20.8 Å². The molecule has 86 valence electrons. The number of hydrogen-bond acceptors (Lipinski definition) is 5. The van der Waals surface area contributed by atoms with Crippen molar-refractivity contribution in [1.29, 1.82) is 0 Å². The quantitative estimate of drug-likeness (QED) is 0.870. The van der Waals surface area contributed by atoms with E-state index in [-0.39, 0.29) is 0 Å². The van der Waals surface area contributed by atoms with Crippen LogP contribution in [0.2, 0.25) is 0 Å². The van der Waals surface area contributed by atoms with Gasteiger partial charge < -0.3 is 5.73 Å². The SMILES string of the molecule is CC.CCc1cnc(-c2nc(N)cs2)cn1. The van der Waals surface area contributed by atoms with E-state index >= 15 is 0 Å². The molecule has 0 aliphatic rings. The van der Waals surface area contributed by atoms with Crippen molar-refractivity contribution in [2.45, 2.75) is 27.2 Å². The fraction of sp³-hybridized carbons (Fsp3) is 0.364. The smallest absolute Gasteiger partial charge is 0.145 e. The van der Waals surface area contributed by atoms with E-state index in [0.717, 1.165) is 22.8 Å². The van der Waals surface area contributed by atoms with Crippen LogP contribution in [0.25, 0.3) is 10.7 Å². The van der Waals surface area contributed by atoms with E-state index in [0.29, 0.717) is 5.82 Å². The molecule has 0 aliphatic carbocycles. The van der Waals surface area contributed by atoms with Crippen LogP contribution in [-0.2, 0) is 6.42 Å². The molecule has 5 heteroatoms. The Morgan fingerprint density at radius 2 is 2.00 bits per heavy atom. The average molecular weight is 236 g/mol. The summed E-state index contributed by atoms with van der Waals surface area (Å²) >= 11 is 1.48. The van der Waals surface area contributed by atoms with E-state index in [2.05, 4.69) is 15.0 Å². The molecule has 2 rings (SSSR count). The molecule has 2 aromatic rings. The van der Waals surface area contributed by atoms with Gasteiger partial charge in [-0.15, -0.1) is 11.3 Å². The zero-order valence-corrected chi connectivity index (χ0v) is 10.6. The van der Waals surface area contributed by atoms with Gasteiger partial charge in [0, 0.05) is 11.6 Å². The fourth-order valence-corrected chi connectivity index (χ4v) is 1.72. The first-order valence-corrected chi connectivity index (χ1v) is 6.20. The molecular formula is C11H16N4S. The minimum absolute atomic E-state index is 0.534. The van der Waals surface area contributed by atoms with Gasteiger partial charge in [-0.25, -0.2) is 4.98 Å². The minimum Gasteiger partial charge on any atom is -0.383 e. The molecule has 0 saturated carbocycles. The number of nitrogen functional groups attached to an aromatic ring is 1. The van der Waals surface area contributed by atoms with Crippen molar-refractivity contribution in [2.24, 2.45) is 0 Å². The molecule has 0 radical (unpaired) electrons. The van der Waals surface area contributed by atoms with Gasteiger partial charge in [-0.05, 0) is 6.42 Å². The van der Waals surface area contributed by atoms with E-state index in [1.165, 1.54) is 11.3 Å². The van der Waals surface area contributed by atoms with Gasteiger partial charge in [0.05, 0.1) is 11.9 Å². The Balaban J connectivity index is 0.000000606. The van der Waals surface area contributed by atoms with E-state index in [1.54, 1.807) is 17.8 Å². The van der Waals surface area contributed by atoms with E-state index in [4.69, 9.17) is 5.73 Å². The maximum Gasteiger partial charge on any atom is 0.145 e. The third-order valence-corrected chi connectivity index (χ3v) is 2.69. The number of nitrogens with zero attached hydrogens (tertiary/aromatic N) is 3. The number of thiazole rings is 1. The zero-order chi connectivity index (χ0) is 12.0. The third kappa shape index (κ3) is 3.00. The summed E-state index contributed by atoms with van der Waals surface area (Å²) < 4.78 is 0. The molecule has 4 nitrogen and oxygen atoms in total. The second kappa shape index (κ2) is 6.17. The summed E-state index contributed by atoms with van der Waals surface area (Å²) in [5, 5.41) is 2.61. The minimum atomic E-state index is 0.534. The molecular weight excluding hydrogens is 220 g/mol. The summed E-state index contributed by atoms with van der Waals surface area (Å²) in [5.74, 6) is 0.534. The van der Waals surface area contributed by atoms with Crippen LogP contribution >= 0.6 is 11.3 Å². The lowest BCUT2D eigenvalue weighted by atomic mass is 10.3. The summed E-state index contributed by atoms with van der Waals surface area (Å²) in [6.07, 6.45) is 4.40. The molecule has 2 N–H and O–H groups in total. The first-order valence-electron chi connectivity index (χ1n) is 5.32. The van der Waals surface area contributed by atoms with Crippen LogP contribution in [0.5, 0.6) is 0 Å². The lowest BCUT2D eigenvalue weighted by molar-refractivity contribution is 1.00. The molecule has 2 heterocycles. The highest BCUT2D eigenvalue weighted by Crippen LogP contribution is 2.21. The molecule has 0 fully saturated rings. The molecule has 0 atom stereocenters. The number of aromatic nitrogens is 3. The molecule has 0 saturated heterocycles. The van der Waals surface area contributed by atoms with Crippen molar-refractivity contribution >= 4 is 17.2 Å². The summed E-state index contributed by atoms with van der Waals surface area (Å²) in [5.41, 5.74) is 7.29. The normalized spacial score (nSPS) is 9.44. The van der Waals surface area contributed by atoms with Gasteiger partial charge in [0.2, 0.25) is 0 Å². The lowest BCUT2D eigenvalue weighted by Crippen LogP contribution is -1.91. The third-order valence-electron chi connectivity index (χ3n) is 1.81. The van der Waals surface area contributed by atoms with Crippen molar-refractivity contribution in [3.05, 3.63) is 23.5 Å². The lowest BCUT2D eigenvalue weighted by Gasteiger charge is -1.96. The Labute approximate surface area is 99.6 Å². The van der Waals surface area contributed by atoms with Crippen molar-refractivity contribution in [2.75, 3.05) is 5.73 Å². The standard InChI is InChI=1S/C9H10N4S.C2H6/c1-2-6-3-12-7(4-11-6)9-13-8(10)5-14-9;1-2/h3-5H,2,10H2,1H3;1-2H3. The Hall–Kier alpha value is -1.49. The van der Waals surface area contributed by atoms with E-state index in [9.17, 15) is 0 Å². The highest BCUT2D eigenvalue weighted by molar-refractivity contribution is 7.13. The molecule has 0 aliphatic heterocycles. The second-order valence-electron chi connectivity index (χ2n) is 2.82. The van der Waals surface area contributed by atoms with Crippen LogP contribution in [0, 0.1) is 0 Å². The first kappa shape index (κ1) is 12.6. The maximum absolute atomic E-state index is 5.52. The molecule has 0 spiro atoms. The first-order chi connectivity index (χ1) is 7.79. The molecule has 0 aromatic carbocycles. The Morgan fingerprint density at radius 3 is 2.44 bits per heavy atom. The fourth-order valence-electron chi connectivity index (χ4n) is 1.05. The van der Waals surface area contributed by atoms with Crippen LogP contribution in [0.3, 0.4) is 0 Å². The number of anilines is 1. The Kier molecular flexibility index (Phi) is 4.85. The second-order valence-corrected chi connectivity index (χ2v) is 3.68. The Bertz CT molecular complexity index is 422. The summed E-state index contributed by atoms with van der Waals surface area (Å²) in [6, 6.07) is 0. The molecule has 0 bridgehead atoms. The number of rotatable bonds is 2. The van der Waals surface area contributed by atoms with Crippen LogP contribution < -0.4 is 5.73 Å². The van der Waals surface area contributed by atoms with Gasteiger partial charge in [-0.3, -0.25) is 9.97 Å². The largest absolute Gasteiger partial charge is 0.383 e. The van der Waals surface area contributed by atoms with Crippen molar-refractivity contribution in [1.82, 2.24) is 15.0 Å². The van der Waals surface area contributed by atoms with Gasteiger partial charge in [0.15, 0.2) is 0 Å².